The van der Waals surface area contributed by atoms with Crippen LogP contribution >= 0.6 is 22.7 Å². The normalized spacial score (nSPS) is 10.8. The van der Waals surface area contributed by atoms with Crippen molar-refractivity contribution in [2.24, 2.45) is 5.73 Å². The van der Waals surface area contributed by atoms with E-state index in [2.05, 4.69) is 48.0 Å². The van der Waals surface area contributed by atoms with Crippen LogP contribution < -0.4 is 5.73 Å². The Balaban J connectivity index is 1.94. The van der Waals surface area contributed by atoms with Gasteiger partial charge in [0.1, 0.15) is 5.01 Å². The zero-order chi connectivity index (χ0) is 13.2. The molecule has 3 aromatic rings. The second-order valence-corrected chi connectivity index (χ2v) is 6.15. The van der Waals surface area contributed by atoms with E-state index < -0.39 is 0 Å². The lowest BCUT2D eigenvalue weighted by Gasteiger charge is -1.99. The van der Waals surface area contributed by atoms with Crippen LogP contribution in [0.5, 0.6) is 0 Å². The van der Waals surface area contributed by atoms with E-state index in [9.17, 15) is 0 Å². The van der Waals surface area contributed by atoms with Gasteiger partial charge in [-0.05, 0) is 29.5 Å². The largest absolute Gasteiger partial charge is 0.326 e. The summed E-state index contributed by atoms with van der Waals surface area (Å²) in [5.74, 6) is 0. The van der Waals surface area contributed by atoms with Gasteiger partial charge in [-0.1, -0.05) is 24.3 Å². The zero-order valence-electron chi connectivity index (χ0n) is 10.6. The van der Waals surface area contributed by atoms with Crippen LogP contribution in [0.25, 0.3) is 21.1 Å². The molecule has 1 aromatic carbocycles. The molecule has 2 aromatic heterocycles. The van der Waals surface area contributed by atoms with E-state index in [0.29, 0.717) is 6.54 Å². The highest BCUT2D eigenvalue weighted by atomic mass is 32.1. The Labute approximate surface area is 120 Å². The summed E-state index contributed by atoms with van der Waals surface area (Å²) < 4.78 is 0. The van der Waals surface area contributed by atoms with Gasteiger partial charge in [0, 0.05) is 17.5 Å². The van der Waals surface area contributed by atoms with Gasteiger partial charge >= 0.3 is 0 Å². The van der Waals surface area contributed by atoms with E-state index in [-0.39, 0.29) is 0 Å². The Hall–Kier alpha value is -1.49. The maximum atomic E-state index is 5.61. The lowest BCUT2D eigenvalue weighted by atomic mass is 10.1. The summed E-state index contributed by atoms with van der Waals surface area (Å²) in [4.78, 5) is 6.00. The molecule has 0 spiro atoms. The third-order valence-electron chi connectivity index (χ3n) is 3.04. The average molecular weight is 286 g/mol. The van der Waals surface area contributed by atoms with Gasteiger partial charge in [0.15, 0.2) is 0 Å². The molecule has 3 rings (SSSR count). The van der Waals surface area contributed by atoms with E-state index in [4.69, 9.17) is 10.7 Å². The molecule has 0 fully saturated rings. The average Bonchev–Trinajstić information content (AvgIpc) is 3.07. The fraction of sp³-hybridized carbons (Fsp3) is 0.133. The summed E-state index contributed by atoms with van der Waals surface area (Å²) in [6.45, 7) is 2.71. The second-order valence-electron chi connectivity index (χ2n) is 4.37. The maximum absolute atomic E-state index is 5.61. The van der Waals surface area contributed by atoms with Crippen LogP contribution in [0.2, 0.25) is 0 Å². The van der Waals surface area contributed by atoms with Gasteiger partial charge in [0.05, 0.1) is 10.6 Å². The lowest BCUT2D eigenvalue weighted by Crippen LogP contribution is -1.95. The standard InChI is InChI=1S/C15H14N2S2/c1-10-6-7-18-14(10)13-9-19-15(17-13)12-4-2-11(8-16)3-5-12/h2-7,9H,8,16H2,1H3. The van der Waals surface area contributed by atoms with E-state index in [1.54, 1.807) is 22.7 Å². The number of benzene rings is 1. The lowest BCUT2D eigenvalue weighted by molar-refractivity contribution is 1.07. The van der Waals surface area contributed by atoms with Crippen molar-refractivity contribution in [3.8, 4) is 21.1 Å². The molecule has 4 heteroatoms. The van der Waals surface area contributed by atoms with Crippen LogP contribution in [0.1, 0.15) is 11.1 Å². The minimum absolute atomic E-state index is 0.581. The molecule has 0 unspecified atom stereocenters. The molecular weight excluding hydrogens is 272 g/mol. The Kier molecular flexibility index (Phi) is 3.46. The Bertz CT molecular complexity index is 680. The van der Waals surface area contributed by atoms with Crippen molar-refractivity contribution in [2.75, 3.05) is 0 Å². The maximum Gasteiger partial charge on any atom is 0.124 e. The number of rotatable bonds is 3. The molecule has 2 heterocycles. The third-order valence-corrected chi connectivity index (χ3v) is 4.97. The summed E-state index contributed by atoms with van der Waals surface area (Å²) >= 11 is 3.43. The first-order valence-corrected chi connectivity index (χ1v) is 7.83. The summed E-state index contributed by atoms with van der Waals surface area (Å²) in [6.07, 6.45) is 0. The molecule has 96 valence electrons. The number of aromatic nitrogens is 1. The van der Waals surface area contributed by atoms with Crippen LogP contribution in [-0.2, 0) is 6.54 Å². The number of nitrogens with two attached hydrogens (primary N) is 1. The van der Waals surface area contributed by atoms with Crippen LogP contribution in [0.4, 0.5) is 0 Å². The van der Waals surface area contributed by atoms with Crippen LogP contribution in [0.15, 0.2) is 41.1 Å². The molecule has 0 atom stereocenters. The van der Waals surface area contributed by atoms with Gasteiger partial charge in [0.2, 0.25) is 0 Å². The first-order valence-electron chi connectivity index (χ1n) is 6.07. The molecule has 2 N–H and O–H groups in total. The van der Waals surface area contributed by atoms with Gasteiger partial charge in [-0.15, -0.1) is 22.7 Å². The number of hydrogen-bond acceptors (Lipinski definition) is 4. The summed E-state index contributed by atoms with van der Waals surface area (Å²) in [5, 5.41) is 5.30. The minimum Gasteiger partial charge on any atom is -0.326 e. The molecule has 19 heavy (non-hydrogen) atoms. The predicted octanol–water partition coefficient (Wildman–Crippen LogP) is 4.31. The third kappa shape index (κ3) is 2.47. The number of thiophene rings is 1. The van der Waals surface area contributed by atoms with Crippen molar-refractivity contribution in [3.05, 3.63) is 52.2 Å². The van der Waals surface area contributed by atoms with Gasteiger partial charge < -0.3 is 5.73 Å². The Morgan fingerprint density at radius 2 is 1.89 bits per heavy atom. The fourth-order valence-corrected chi connectivity index (χ4v) is 3.71. The molecule has 0 aliphatic rings. The molecule has 0 aliphatic heterocycles. The van der Waals surface area contributed by atoms with Crippen molar-refractivity contribution >= 4 is 22.7 Å². The van der Waals surface area contributed by atoms with Crippen LogP contribution in [0, 0.1) is 6.92 Å². The molecular formula is C15H14N2S2. The van der Waals surface area contributed by atoms with Gasteiger partial charge in [-0.3, -0.25) is 0 Å². The van der Waals surface area contributed by atoms with E-state index in [1.807, 2.05) is 0 Å². The van der Waals surface area contributed by atoms with Gasteiger partial charge in [-0.2, -0.15) is 0 Å². The minimum atomic E-state index is 0.581. The fourth-order valence-electron chi connectivity index (χ4n) is 1.93. The van der Waals surface area contributed by atoms with E-state index >= 15 is 0 Å². The topological polar surface area (TPSA) is 38.9 Å². The molecule has 0 saturated heterocycles. The SMILES string of the molecule is Cc1ccsc1-c1csc(-c2ccc(CN)cc2)n1. The van der Waals surface area contributed by atoms with Crippen molar-refractivity contribution in [3.63, 3.8) is 0 Å². The van der Waals surface area contributed by atoms with E-state index in [0.717, 1.165) is 21.8 Å². The molecule has 0 saturated carbocycles. The number of aryl methyl sites for hydroxylation is 1. The molecule has 0 radical (unpaired) electrons. The number of hydrogen-bond donors (Lipinski definition) is 1. The van der Waals surface area contributed by atoms with Crippen LogP contribution in [0.3, 0.4) is 0 Å². The second kappa shape index (κ2) is 5.25. The van der Waals surface area contributed by atoms with Crippen molar-refractivity contribution in [1.82, 2.24) is 4.98 Å². The molecule has 0 aliphatic carbocycles. The van der Waals surface area contributed by atoms with Crippen molar-refractivity contribution < 1.29 is 0 Å². The van der Waals surface area contributed by atoms with Crippen LogP contribution in [-0.4, -0.2) is 4.98 Å². The van der Waals surface area contributed by atoms with Gasteiger partial charge in [-0.25, -0.2) is 4.98 Å². The molecule has 2 nitrogen and oxygen atoms in total. The van der Waals surface area contributed by atoms with E-state index in [1.165, 1.54) is 10.4 Å². The highest BCUT2D eigenvalue weighted by Crippen LogP contribution is 2.33. The molecule has 0 bridgehead atoms. The first kappa shape index (κ1) is 12.5. The summed E-state index contributed by atoms with van der Waals surface area (Å²) in [5.41, 5.74) is 10.3. The molecule has 0 amide bonds. The predicted molar refractivity (Wildman–Crippen MR) is 83.5 cm³/mol. The monoisotopic (exact) mass is 286 g/mol. The Morgan fingerprint density at radius 1 is 1.11 bits per heavy atom. The Morgan fingerprint density at radius 3 is 2.53 bits per heavy atom. The highest BCUT2D eigenvalue weighted by molar-refractivity contribution is 7.15. The van der Waals surface area contributed by atoms with Gasteiger partial charge in [0.25, 0.3) is 0 Å². The first-order chi connectivity index (χ1) is 9.28. The smallest absolute Gasteiger partial charge is 0.124 e. The zero-order valence-corrected chi connectivity index (χ0v) is 12.2. The highest BCUT2D eigenvalue weighted by Gasteiger charge is 2.09. The van der Waals surface area contributed by atoms with Crippen molar-refractivity contribution in [1.29, 1.82) is 0 Å². The van der Waals surface area contributed by atoms with Crippen molar-refractivity contribution in [2.45, 2.75) is 13.5 Å². The number of thiazole rings is 1. The quantitative estimate of drug-likeness (QED) is 0.779. The summed E-state index contributed by atoms with van der Waals surface area (Å²) in [7, 11) is 0. The number of nitrogens with zero attached hydrogens (tertiary/aromatic N) is 1. The summed E-state index contributed by atoms with van der Waals surface area (Å²) in [6, 6.07) is 10.4.